The molecule has 0 heterocycles. The minimum atomic E-state index is -1.09. The number of carbonyl (C=O) groups is 1. The highest BCUT2D eigenvalue weighted by atomic mass is 19.1. The fraction of sp³-hybridized carbons (Fsp3) is 0.188. The molecule has 3 nitrogen and oxygen atoms in total. The molecule has 20 heavy (non-hydrogen) atoms. The molecule has 2 rings (SSSR count). The van der Waals surface area contributed by atoms with Gasteiger partial charge in [0.05, 0.1) is 5.56 Å². The van der Waals surface area contributed by atoms with Gasteiger partial charge in [0.1, 0.15) is 18.2 Å². The normalized spacial score (nSPS) is 10.3. The molecule has 0 bridgehead atoms. The predicted molar refractivity (Wildman–Crippen MR) is 73.6 cm³/mol. The zero-order valence-electron chi connectivity index (χ0n) is 11.3. The fourth-order valence-corrected chi connectivity index (χ4v) is 2.00. The van der Waals surface area contributed by atoms with Crippen molar-refractivity contribution in [3.05, 3.63) is 64.5 Å². The molecule has 0 amide bonds. The topological polar surface area (TPSA) is 46.5 Å². The van der Waals surface area contributed by atoms with Crippen LogP contribution in [0.1, 0.15) is 27.0 Å². The van der Waals surface area contributed by atoms with E-state index in [0.717, 1.165) is 17.2 Å². The molecule has 0 atom stereocenters. The minimum Gasteiger partial charge on any atom is -0.489 e. The van der Waals surface area contributed by atoms with E-state index in [9.17, 15) is 9.18 Å². The van der Waals surface area contributed by atoms with E-state index in [-0.39, 0.29) is 17.7 Å². The highest BCUT2D eigenvalue weighted by Gasteiger charge is 2.09. The molecular weight excluding hydrogens is 259 g/mol. The molecule has 0 unspecified atom stereocenters. The van der Waals surface area contributed by atoms with Crippen molar-refractivity contribution in [3.63, 3.8) is 0 Å². The van der Waals surface area contributed by atoms with E-state index in [2.05, 4.69) is 0 Å². The van der Waals surface area contributed by atoms with Crippen molar-refractivity contribution in [2.24, 2.45) is 0 Å². The Bertz CT molecular complexity index is 630. The molecule has 0 aliphatic rings. The Hall–Kier alpha value is -2.36. The summed E-state index contributed by atoms with van der Waals surface area (Å²) in [6.07, 6.45) is 0. The van der Waals surface area contributed by atoms with Crippen LogP contribution in [0.2, 0.25) is 0 Å². The van der Waals surface area contributed by atoms with Crippen LogP contribution in [-0.4, -0.2) is 11.1 Å². The SMILES string of the molecule is Cc1cc(C)cc(OCc2cc(C(=O)O)ccc2F)c1. The van der Waals surface area contributed by atoms with Crippen LogP contribution in [0.4, 0.5) is 4.39 Å². The summed E-state index contributed by atoms with van der Waals surface area (Å²) < 4.78 is 19.2. The van der Waals surface area contributed by atoms with E-state index in [4.69, 9.17) is 9.84 Å². The second kappa shape index (κ2) is 5.74. The first-order valence-electron chi connectivity index (χ1n) is 6.18. The Balaban J connectivity index is 2.18. The average Bonchev–Trinajstić information content (AvgIpc) is 2.36. The molecule has 2 aromatic carbocycles. The third-order valence-corrected chi connectivity index (χ3v) is 2.88. The van der Waals surface area contributed by atoms with Gasteiger partial charge in [-0.1, -0.05) is 6.07 Å². The number of ether oxygens (including phenoxy) is 1. The molecule has 0 aliphatic heterocycles. The van der Waals surface area contributed by atoms with E-state index in [1.807, 2.05) is 32.0 Å². The van der Waals surface area contributed by atoms with Gasteiger partial charge in [0.2, 0.25) is 0 Å². The molecule has 0 radical (unpaired) electrons. The van der Waals surface area contributed by atoms with Crippen LogP contribution in [0, 0.1) is 19.7 Å². The van der Waals surface area contributed by atoms with Crippen molar-refractivity contribution in [1.29, 1.82) is 0 Å². The van der Waals surface area contributed by atoms with Gasteiger partial charge in [0.15, 0.2) is 0 Å². The molecular formula is C16H15FO3. The smallest absolute Gasteiger partial charge is 0.335 e. The maximum Gasteiger partial charge on any atom is 0.335 e. The monoisotopic (exact) mass is 274 g/mol. The predicted octanol–water partition coefficient (Wildman–Crippen LogP) is 3.72. The summed E-state index contributed by atoms with van der Waals surface area (Å²) in [7, 11) is 0. The number of hydrogen-bond acceptors (Lipinski definition) is 2. The van der Waals surface area contributed by atoms with Gasteiger partial charge in [-0.25, -0.2) is 9.18 Å². The number of carboxylic acids is 1. The molecule has 1 N–H and O–H groups in total. The van der Waals surface area contributed by atoms with Gasteiger partial charge < -0.3 is 9.84 Å². The van der Waals surface area contributed by atoms with E-state index in [1.54, 1.807) is 0 Å². The lowest BCUT2D eigenvalue weighted by atomic mass is 10.1. The Labute approximate surface area is 116 Å². The van der Waals surface area contributed by atoms with Crippen molar-refractivity contribution in [1.82, 2.24) is 0 Å². The van der Waals surface area contributed by atoms with E-state index < -0.39 is 11.8 Å². The Morgan fingerprint density at radius 2 is 1.80 bits per heavy atom. The lowest BCUT2D eigenvalue weighted by Crippen LogP contribution is -2.03. The molecule has 4 heteroatoms. The van der Waals surface area contributed by atoms with Crippen LogP contribution >= 0.6 is 0 Å². The highest BCUT2D eigenvalue weighted by molar-refractivity contribution is 5.87. The van der Waals surface area contributed by atoms with Gasteiger partial charge in [-0.2, -0.15) is 0 Å². The second-order valence-corrected chi connectivity index (χ2v) is 4.72. The quantitative estimate of drug-likeness (QED) is 0.924. The first-order valence-corrected chi connectivity index (χ1v) is 6.18. The Kier molecular flexibility index (Phi) is 4.03. The van der Waals surface area contributed by atoms with Crippen LogP contribution in [-0.2, 0) is 6.61 Å². The van der Waals surface area contributed by atoms with Crippen LogP contribution in [0.25, 0.3) is 0 Å². The van der Waals surface area contributed by atoms with Crippen molar-refractivity contribution in [3.8, 4) is 5.75 Å². The van der Waals surface area contributed by atoms with Crippen molar-refractivity contribution >= 4 is 5.97 Å². The van der Waals surface area contributed by atoms with Crippen LogP contribution in [0.3, 0.4) is 0 Å². The van der Waals surface area contributed by atoms with Gasteiger partial charge in [0.25, 0.3) is 0 Å². The van der Waals surface area contributed by atoms with Crippen LogP contribution in [0.15, 0.2) is 36.4 Å². The second-order valence-electron chi connectivity index (χ2n) is 4.72. The van der Waals surface area contributed by atoms with Crippen LogP contribution in [0.5, 0.6) is 5.75 Å². The largest absolute Gasteiger partial charge is 0.489 e. The molecule has 0 saturated carbocycles. The zero-order valence-corrected chi connectivity index (χ0v) is 11.3. The summed E-state index contributed by atoms with van der Waals surface area (Å²) in [5, 5.41) is 8.89. The summed E-state index contributed by atoms with van der Waals surface area (Å²) in [6.45, 7) is 3.90. The van der Waals surface area contributed by atoms with Gasteiger partial charge >= 0.3 is 5.97 Å². The molecule has 0 saturated heterocycles. The summed E-state index contributed by atoms with van der Waals surface area (Å²) in [6, 6.07) is 9.39. The highest BCUT2D eigenvalue weighted by Crippen LogP contribution is 2.19. The summed E-state index contributed by atoms with van der Waals surface area (Å²) >= 11 is 0. The summed E-state index contributed by atoms with van der Waals surface area (Å²) in [5.74, 6) is -0.917. The third kappa shape index (κ3) is 3.35. The van der Waals surface area contributed by atoms with Crippen LogP contribution < -0.4 is 4.74 Å². The maximum absolute atomic E-state index is 13.6. The number of rotatable bonds is 4. The maximum atomic E-state index is 13.6. The lowest BCUT2D eigenvalue weighted by molar-refractivity contribution is 0.0696. The van der Waals surface area contributed by atoms with Gasteiger partial charge in [-0.15, -0.1) is 0 Å². The van der Waals surface area contributed by atoms with Crippen molar-refractivity contribution < 1.29 is 19.0 Å². The molecule has 0 aliphatic carbocycles. The van der Waals surface area contributed by atoms with Crippen molar-refractivity contribution in [2.45, 2.75) is 20.5 Å². The number of aromatic carboxylic acids is 1. The third-order valence-electron chi connectivity index (χ3n) is 2.88. The Morgan fingerprint density at radius 3 is 2.40 bits per heavy atom. The molecule has 0 spiro atoms. The number of aryl methyl sites for hydroxylation is 2. The van der Waals surface area contributed by atoms with E-state index >= 15 is 0 Å². The fourth-order valence-electron chi connectivity index (χ4n) is 2.00. The number of benzene rings is 2. The first-order chi connectivity index (χ1) is 9.45. The molecule has 2 aromatic rings. The average molecular weight is 274 g/mol. The number of halogens is 1. The number of hydrogen-bond donors (Lipinski definition) is 1. The Morgan fingerprint density at radius 1 is 1.15 bits per heavy atom. The van der Waals surface area contributed by atoms with Gasteiger partial charge in [-0.05, 0) is 55.3 Å². The zero-order chi connectivity index (χ0) is 14.7. The van der Waals surface area contributed by atoms with E-state index in [0.29, 0.717) is 5.75 Å². The van der Waals surface area contributed by atoms with Gasteiger partial charge in [-0.3, -0.25) is 0 Å². The molecule has 104 valence electrons. The molecule has 0 fully saturated rings. The van der Waals surface area contributed by atoms with Gasteiger partial charge in [0, 0.05) is 5.56 Å². The van der Waals surface area contributed by atoms with Crippen molar-refractivity contribution in [2.75, 3.05) is 0 Å². The standard InChI is InChI=1S/C16H15FO3/c1-10-5-11(2)7-14(6-10)20-9-13-8-12(16(18)19)3-4-15(13)17/h3-8H,9H2,1-2H3,(H,18,19). The van der Waals surface area contributed by atoms with E-state index in [1.165, 1.54) is 12.1 Å². The summed E-state index contributed by atoms with van der Waals surface area (Å²) in [4.78, 5) is 10.9. The number of carboxylic acid groups (broad SMARTS) is 1. The lowest BCUT2D eigenvalue weighted by Gasteiger charge is -2.09. The minimum absolute atomic E-state index is 0.00412. The molecule has 0 aromatic heterocycles. The first kappa shape index (κ1) is 14.1. The summed E-state index contributed by atoms with van der Waals surface area (Å²) in [5.41, 5.74) is 2.38.